The molecule has 4 rings (SSSR count). The number of fused-ring (bicyclic) bond motifs is 1. The lowest BCUT2D eigenvalue weighted by atomic mass is 10.0. The number of hydrogen-bond acceptors (Lipinski definition) is 3. The Labute approximate surface area is 168 Å². The van der Waals surface area contributed by atoms with Gasteiger partial charge in [0.2, 0.25) is 0 Å². The van der Waals surface area contributed by atoms with Gasteiger partial charge in [0, 0.05) is 48.5 Å². The van der Waals surface area contributed by atoms with E-state index in [4.69, 9.17) is 11.6 Å². The molecule has 2 saturated carbocycles. The Bertz CT molecular complexity index is 717. The first-order valence-electron chi connectivity index (χ1n) is 9.19. The molecule has 0 spiro atoms. The van der Waals surface area contributed by atoms with Gasteiger partial charge in [-0.05, 0) is 87.5 Å². The molecular formula is C23H22ClN3. The Morgan fingerprint density at radius 3 is 2.22 bits per heavy atom. The third-order valence-corrected chi connectivity index (χ3v) is 4.96. The molecule has 1 aromatic heterocycles. The van der Waals surface area contributed by atoms with Crippen LogP contribution in [0.25, 0.3) is 10.9 Å². The summed E-state index contributed by atoms with van der Waals surface area (Å²) in [5.41, 5.74) is 2.01. The highest BCUT2D eigenvalue weighted by atomic mass is 35.5. The summed E-state index contributed by atoms with van der Waals surface area (Å²) < 4.78 is 0. The maximum atomic E-state index is 6.09. The van der Waals surface area contributed by atoms with Crippen LogP contribution in [0.2, 0.25) is 5.02 Å². The van der Waals surface area contributed by atoms with E-state index in [1.807, 2.05) is 30.5 Å². The topological polar surface area (TPSA) is 28.2 Å². The van der Waals surface area contributed by atoms with E-state index in [1.54, 1.807) is 0 Å². The molecule has 0 saturated heterocycles. The Morgan fingerprint density at radius 2 is 1.56 bits per heavy atom. The fraction of sp³-hybridized carbons (Fsp3) is 0.174. The largest absolute Gasteiger partial charge is 0.383 e. The van der Waals surface area contributed by atoms with Crippen LogP contribution in [0.5, 0.6) is 0 Å². The molecule has 2 aromatic rings. The lowest BCUT2D eigenvalue weighted by molar-refractivity contribution is 0.315. The standard InChI is InChI=1S/C23H22ClN3/c24-20-9-10-21-22(11-12-25-23(21)15-20)26-13-14-27(16-18-5-1-2-6-18)17-19-7-3-4-8-19/h1-12,15H,13-14,16-17H2,(H,25,26). The zero-order valence-corrected chi connectivity index (χ0v) is 15.9. The first-order chi connectivity index (χ1) is 13.3. The first kappa shape index (κ1) is 19.0. The molecule has 3 nitrogen and oxygen atoms in total. The van der Waals surface area contributed by atoms with Crippen LogP contribution in [-0.2, 0) is 0 Å². The third-order valence-electron chi connectivity index (χ3n) is 4.72. The molecule has 2 aliphatic carbocycles. The van der Waals surface area contributed by atoms with E-state index in [2.05, 4.69) is 66.6 Å². The van der Waals surface area contributed by atoms with Crippen LogP contribution in [0.1, 0.15) is 0 Å². The fourth-order valence-electron chi connectivity index (χ4n) is 3.39. The van der Waals surface area contributed by atoms with Crippen molar-refractivity contribution >= 4 is 28.2 Å². The number of nitrogens with one attached hydrogen (secondary N) is 1. The summed E-state index contributed by atoms with van der Waals surface area (Å²) in [5, 5.41) is 5.38. The van der Waals surface area contributed by atoms with Gasteiger partial charge in [-0.2, -0.15) is 0 Å². The molecule has 1 aromatic carbocycles. The van der Waals surface area contributed by atoms with Crippen molar-refractivity contribution in [2.75, 3.05) is 31.5 Å². The van der Waals surface area contributed by atoms with Crippen molar-refractivity contribution in [3.8, 4) is 0 Å². The summed E-state index contributed by atoms with van der Waals surface area (Å²) in [6, 6.07) is 7.86. The summed E-state index contributed by atoms with van der Waals surface area (Å²) in [4.78, 5) is 6.88. The maximum Gasteiger partial charge on any atom is 0.0737 e. The van der Waals surface area contributed by atoms with E-state index in [0.29, 0.717) is 5.02 Å². The molecule has 27 heavy (non-hydrogen) atoms. The average Bonchev–Trinajstić information content (AvgIpc) is 3.35. The predicted octanol–water partition coefficient (Wildman–Crippen LogP) is 4.41. The van der Waals surface area contributed by atoms with Crippen molar-refractivity contribution < 1.29 is 0 Å². The SMILES string of the molecule is Clc1ccc2c(NCCN(C[C]3[CH][CH][CH][CH]3)C[C]3[CH][CH][CH][CH]3)ccnc2c1. The molecule has 0 aliphatic heterocycles. The van der Waals surface area contributed by atoms with Gasteiger partial charge in [0.05, 0.1) is 5.52 Å². The highest BCUT2D eigenvalue weighted by Gasteiger charge is 2.24. The van der Waals surface area contributed by atoms with E-state index < -0.39 is 0 Å². The minimum absolute atomic E-state index is 0.711. The summed E-state index contributed by atoms with van der Waals surface area (Å²) in [6.07, 6.45) is 19.0. The van der Waals surface area contributed by atoms with Crippen molar-refractivity contribution in [3.63, 3.8) is 0 Å². The van der Waals surface area contributed by atoms with Crippen molar-refractivity contribution in [2.24, 2.45) is 0 Å². The number of nitrogens with zero attached hydrogens (tertiary/aromatic N) is 2. The van der Waals surface area contributed by atoms with Gasteiger partial charge in [0.15, 0.2) is 0 Å². The van der Waals surface area contributed by atoms with Crippen LogP contribution < -0.4 is 5.32 Å². The van der Waals surface area contributed by atoms with Crippen molar-refractivity contribution in [2.45, 2.75) is 0 Å². The van der Waals surface area contributed by atoms with Gasteiger partial charge < -0.3 is 10.2 Å². The number of pyridine rings is 1. The lowest BCUT2D eigenvalue weighted by Gasteiger charge is -2.27. The van der Waals surface area contributed by atoms with Gasteiger partial charge >= 0.3 is 0 Å². The average molecular weight is 376 g/mol. The molecule has 4 heteroatoms. The van der Waals surface area contributed by atoms with Gasteiger partial charge in [-0.15, -0.1) is 0 Å². The molecule has 0 bridgehead atoms. The number of halogens is 1. The maximum absolute atomic E-state index is 6.09. The zero-order valence-electron chi connectivity index (χ0n) is 15.1. The highest BCUT2D eigenvalue weighted by Crippen LogP contribution is 2.28. The molecule has 0 amide bonds. The molecule has 0 atom stereocenters. The summed E-state index contributed by atoms with van der Waals surface area (Å²) in [5.74, 6) is 2.70. The Balaban J connectivity index is 1.36. The number of anilines is 1. The smallest absolute Gasteiger partial charge is 0.0737 e. The van der Waals surface area contributed by atoms with Crippen LogP contribution in [0.15, 0.2) is 30.5 Å². The monoisotopic (exact) mass is 375 g/mol. The molecule has 1 N–H and O–H groups in total. The second-order valence-corrected chi connectivity index (χ2v) is 7.18. The van der Waals surface area contributed by atoms with Crippen LogP contribution >= 0.6 is 11.6 Å². The van der Waals surface area contributed by atoms with Crippen LogP contribution in [0.3, 0.4) is 0 Å². The molecule has 2 aliphatic rings. The van der Waals surface area contributed by atoms with E-state index in [9.17, 15) is 0 Å². The normalized spacial score (nSPS) is 18.7. The molecule has 10 radical (unpaired) electrons. The van der Waals surface area contributed by atoms with E-state index >= 15 is 0 Å². The Hall–Kier alpha value is -1.32. The Morgan fingerprint density at radius 1 is 0.889 bits per heavy atom. The molecule has 136 valence electrons. The van der Waals surface area contributed by atoms with Crippen LogP contribution in [-0.4, -0.2) is 36.1 Å². The van der Waals surface area contributed by atoms with E-state index in [-0.39, 0.29) is 0 Å². The lowest BCUT2D eigenvalue weighted by Crippen LogP contribution is -2.35. The molecule has 1 heterocycles. The Kier molecular flexibility index (Phi) is 6.51. The van der Waals surface area contributed by atoms with Gasteiger partial charge in [0.25, 0.3) is 0 Å². The number of aromatic nitrogens is 1. The van der Waals surface area contributed by atoms with Gasteiger partial charge in [-0.25, -0.2) is 0 Å². The van der Waals surface area contributed by atoms with E-state index in [1.165, 1.54) is 11.8 Å². The number of rotatable bonds is 8. The summed E-state index contributed by atoms with van der Waals surface area (Å²) in [6.45, 7) is 3.72. The van der Waals surface area contributed by atoms with Crippen molar-refractivity contribution in [1.29, 1.82) is 0 Å². The molecular weight excluding hydrogens is 354 g/mol. The second-order valence-electron chi connectivity index (χ2n) is 6.74. The summed E-state index contributed by atoms with van der Waals surface area (Å²) >= 11 is 6.09. The van der Waals surface area contributed by atoms with Gasteiger partial charge in [0.1, 0.15) is 0 Å². The van der Waals surface area contributed by atoms with Crippen LogP contribution in [0, 0.1) is 63.2 Å². The van der Waals surface area contributed by atoms with Crippen molar-refractivity contribution in [3.05, 3.63) is 98.7 Å². The fourth-order valence-corrected chi connectivity index (χ4v) is 3.56. The highest BCUT2D eigenvalue weighted by molar-refractivity contribution is 6.31. The van der Waals surface area contributed by atoms with Crippen molar-refractivity contribution in [1.82, 2.24) is 9.88 Å². The van der Waals surface area contributed by atoms with E-state index in [0.717, 1.165) is 42.8 Å². The number of benzene rings is 1. The minimum atomic E-state index is 0.711. The zero-order chi connectivity index (χ0) is 18.5. The van der Waals surface area contributed by atoms with Gasteiger partial charge in [-0.1, -0.05) is 11.6 Å². The predicted molar refractivity (Wildman–Crippen MR) is 113 cm³/mol. The van der Waals surface area contributed by atoms with Gasteiger partial charge in [-0.3, -0.25) is 4.98 Å². The quantitative estimate of drug-likeness (QED) is 0.740. The minimum Gasteiger partial charge on any atom is -0.383 e. The molecule has 2 fully saturated rings. The second kappa shape index (κ2) is 9.25. The third kappa shape index (κ3) is 5.14. The summed E-state index contributed by atoms with van der Waals surface area (Å²) in [7, 11) is 0. The number of hydrogen-bond donors (Lipinski definition) is 1. The first-order valence-corrected chi connectivity index (χ1v) is 9.57. The van der Waals surface area contributed by atoms with Crippen LogP contribution in [0.4, 0.5) is 5.69 Å². The molecule has 0 unspecified atom stereocenters.